The highest BCUT2D eigenvalue weighted by atomic mass is 16.2. The zero-order valence-corrected chi connectivity index (χ0v) is 7.98. The molecule has 0 aliphatic rings. The lowest BCUT2D eigenvalue weighted by Gasteiger charge is -2.07. The molecule has 0 atom stereocenters. The monoisotopic (exact) mass is 197 g/mol. The number of hydrogen-bond acceptors (Lipinski definition) is 3. The molecule has 0 radical (unpaired) electrons. The topological polar surface area (TPSA) is 73.1 Å². The minimum Gasteiger partial charge on any atom is -0.353 e. The van der Waals surface area contributed by atoms with E-state index in [1.165, 1.54) is 17.7 Å². The molecule has 0 unspecified atom stereocenters. The van der Waals surface area contributed by atoms with Gasteiger partial charge in [0.2, 0.25) is 6.41 Å². The van der Waals surface area contributed by atoms with Crippen LogP contribution in [-0.2, 0) is 25.4 Å². The Bertz CT molecular complexity index is 458. The first-order chi connectivity index (χ1) is 6.57. The molecule has 6 heteroatoms. The molecule has 1 aromatic rings. The predicted octanol–water partition coefficient (Wildman–Crippen LogP) is -1.67. The van der Waals surface area contributed by atoms with E-state index in [1.54, 1.807) is 7.05 Å². The van der Waals surface area contributed by atoms with Gasteiger partial charge in [-0.3, -0.25) is 18.7 Å². The van der Waals surface area contributed by atoms with Crippen LogP contribution in [-0.4, -0.2) is 15.5 Å². The molecule has 0 saturated heterocycles. The van der Waals surface area contributed by atoms with Crippen molar-refractivity contribution in [3.8, 4) is 0 Å². The van der Waals surface area contributed by atoms with Crippen molar-refractivity contribution < 1.29 is 4.79 Å². The molecule has 0 spiro atoms. The van der Waals surface area contributed by atoms with E-state index in [1.807, 2.05) is 0 Å². The molecule has 1 rings (SSSR count). The first-order valence-corrected chi connectivity index (χ1v) is 4.01. The van der Waals surface area contributed by atoms with Gasteiger partial charge in [-0.15, -0.1) is 0 Å². The van der Waals surface area contributed by atoms with E-state index < -0.39 is 5.69 Å². The lowest BCUT2D eigenvalue weighted by Crippen LogP contribution is -2.38. The molecule has 0 aromatic carbocycles. The number of nitrogens with zero attached hydrogens (tertiary/aromatic N) is 2. The summed E-state index contributed by atoms with van der Waals surface area (Å²) in [7, 11) is 2.95. The van der Waals surface area contributed by atoms with E-state index in [-0.39, 0.29) is 12.1 Å². The van der Waals surface area contributed by atoms with E-state index in [4.69, 9.17) is 0 Å². The Labute approximate surface area is 79.8 Å². The number of hydrogen-bond donors (Lipinski definition) is 1. The van der Waals surface area contributed by atoms with Gasteiger partial charge >= 0.3 is 5.69 Å². The number of carbonyl (C=O) groups excluding carboxylic acids is 1. The molecule has 1 heterocycles. The average Bonchev–Trinajstić information content (AvgIpc) is 2.18. The highest BCUT2D eigenvalue weighted by Gasteiger charge is 2.04. The Kier molecular flexibility index (Phi) is 2.85. The average molecular weight is 197 g/mol. The molecule has 0 saturated carbocycles. The molecule has 0 bridgehead atoms. The van der Waals surface area contributed by atoms with E-state index >= 15 is 0 Å². The number of carbonyl (C=O) groups is 1. The predicted molar refractivity (Wildman–Crippen MR) is 49.8 cm³/mol. The zero-order valence-electron chi connectivity index (χ0n) is 7.98. The van der Waals surface area contributed by atoms with E-state index in [2.05, 4.69) is 5.32 Å². The van der Waals surface area contributed by atoms with Gasteiger partial charge in [0, 0.05) is 25.9 Å². The van der Waals surface area contributed by atoms with Crippen LogP contribution in [0.4, 0.5) is 0 Å². The second kappa shape index (κ2) is 3.91. The fourth-order valence-corrected chi connectivity index (χ4v) is 1.09. The lowest BCUT2D eigenvalue weighted by molar-refractivity contribution is -0.109. The number of aromatic nitrogens is 2. The summed E-state index contributed by atoms with van der Waals surface area (Å²) in [6, 6.07) is 1.32. The summed E-state index contributed by atoms with van der Waals surface area (Å²) < 4.78 is 2.32. The molecule has 0 aliphatic carbocycles. The third kappa shape index (κ3) is 1.73. The van der Waals surface area contributed by atoms with Gasteiger partial charge in [-0.2, -0.15) is 0 Å². The minimum atomic E-state index is -0.403. The Morgan fingerprint density at radius 3 is 2.57 bits per heavy atom. The molecule has 14 heavy (non-hydrogen) atoms. The van der Waals surface area contributed by atoms with Crippen LogP contribution in [0.3, 0.4) is 0 Å². The maximum absolute atomic E-state index is 11.4. The van der Waals surface area contributed by atoms with E-state index in [9.17, 15) is 14.4 Å². The molecule has 0 aliphatic heterocycles. The summed E-state index contributed by atoms with van der Waals surface area (Å²) in [5, 5.41) is 2.39. The fourth-order valence-electron chi connectivity index (χ4n) is 1.09. The van der Waals surface area contributed by atoms with Gasteiger partial charge in [-0.25, -0.2) is 4.79 Å². The van der Waals surface area contributed by atoms with Crippen molar-refractivity contribution in [2.45, 2.75) is 6.54 Å². The largest absolute Gasteiger partial charge is 0.353 e. The quantitative estimate of drug-likeness (QED) is 0.589. The van der Waals surface area contributed by atoms with Gasteiger partial charge in [0.05, 0.1) is 6.54 Å². The maximum atomic E-state index is 11.4. The lowest BCUT2D eigenvalue weighted by atomic mass is 10.4. The van der Waals surface area contributed by atoms with E-state index in [0.717, 1.165) is 4.57 Å². The van der Waals surface area contributed by atoms with E-state index in [0.29, 0.717) is 12.1 Å². The summed E-state index contributed by atoms with van der Waals surface area (Å²) in [6.07, 6.45) is 0.516. The maximum Gasteiger partial charge on any atom is 0.330 e. The standard InChI is InChI=1S/C8H11N3O3/c1-10-6(4-9-5-12)3-7(13)11(2)8(10)14/h3,5H,4H2,1-2H3,(H,9,12). The molecule has 0 fully saturated rings. The van der Waals surface area contributed by atoms with Crippen molar-refractivity contribution in [3.05, 3.63) is 32.6 Å². The Balaban J connectivity index is 3.26. The van der Waals surface area contributed by atoms with Crippen LogP contribution in [0.2, 0.25) is 0 Å². The first kappa shape index (κ1) is 10.2. The minimum absolute atomic E-state index is 0.172. The second-order valence-corrected chi connectivity index (χ2v) is 2.87. The van der Waals surface area contributed by atoms with Crippen LogP contribution in [0.1, 0.15) is 5.69 Å². The number of nitrogens with one attached hydrogen (secondary N) is 1. The number of rotatable bonds is 3. The summed E-state index contributed by atoms with van der Waals surface area (Å²) in [5.74, 6) is 0. The van der Waals surface area contributed by atoms with Gasteiger partial charge in [0.15, 0.2) is 0 Å². The normalized spacial score (nSPS) is 9.86. The Morgan fingerprint density at radius 2 is 2.00 bits per heavy atom. The van der Waals surface area contributed by atoms with Crippen molar-refractivity contribution in [1.29, 1.82) is 0 Å². The van der Waals surface area contributed by atoms with Crippen LogP contribution in [0.5, 0.6) is 0 Å². The zero-order chi connectivity index (χ0) is 10.7. The van der Waals surface area contributed by atoms with Crippen molar-refractivity contribution in [2.24, 2.45) is 14.1 Å². The molecular weight excluding hydrogens is 186 g/mol. The van der Waals surface area contributed by atoms with Gasteiger partial charge < -0.3 is 5.32 Å². The van der Waals surface area contributed by atoms with Crippen LogP contribution in [0.25, 0.3) is 0 Å². The SMILES string of the molecule is Cn1c(CNC=O)cc(=O)n(C)c1=O. The smallest absolute Gasteiger partial charge is 0.330 e. The third-order valence-corrected chi connectivity index (χ3v) is 1.99. The highest BCUT2D eigenvalue weighted by molar-refractivity contribution is 5.45. The second-order valence-electron chi connectivity index (χ2n) is 2.87. The highest BCUT2D eigenvalue weighted by Crippen LogP contribution is 1.88. The molecule has 1 aromatic heterocycles. The van der Waals surface area contributed by atoms with Crippen LogP contribution < -0.4 is 16.6 Å². The van der Waals surface area contributed by atoms with Crippen molar-refractivity contribution in [3.63, 3.8) is 0 Å². The molecule has 1 amide bonds. The van der Waals surface area contributed by atoms with Crippen molar-refractivity contribution >= 4 is 6.41 Å². The van der Waals surface area contributed by atoms with Crippen LogP contribution in [0, 0.1) is 0 Å². The Hall–Kier alpha value is -1.85. The van der Waals surface area contributed by atoms with Crippen molar-refractivity contribution in [2.75, 3.05) is 0 Å². The summed E-state index contributed by atoms with van der Waals surface area (Å²) in [4.78, 5) is 32.6. The first-order valence-electron chi connectivity index (χ1n) is 4.01. The summed E-state index contributed by atoms with van der Waals surface area (Å²) in [5.41, 5.74) is -0.304. The third-order valence-electron chi connectivity index (χ3n) is 1.99. The Morgan fingerprint density at radius 1 is 1.36 bits per heavy atom. The van der Waals surface area contributed by atoms with Gasteiger partial charge in [-0.1, -0.05) is 0 Å². The molecule has 1 N–H and O–H groups in total. The summed E-state index contributed by atoms with van der Waals surface area (Å²) in [6.45, 7) is 0.172. The van der Waals surface area contributed by atoms with Gasteiger partial charge in [0.25, 0.3) is 5.56 Å². The molecule has 6 nitrogen and oxygen atoms in total. The number of amides is 1. The molecular formula is C8H11N3O3. The van der Waals surface area contributed by atoms with Gasteiger partial charge in [0.1, 0.15) is 0 Å². The summed E-state index contributed by atoms with van der Waals surface area (Å²) >= 11 is 0. The molecule has 76 valence electrons. The van der Waals surface area contributed by atoms with Crippen LogP contribution >= 0.6 is 0 Å². The van der Waals surface area contributed by atoms with Crippen molar-refractivity contribution in [1.82, 2.24) is 14.5 Å². The van der Waals surface area contributed by atoms with Crippen LogP contribution in [0.15, 0.2) is 15.7 Å². The fraction of sp³-hybridized carbons (Fsp3) is 0.375. The van der Waals surface area contributed by atoms with Gasteiger partial charge in [-0.05, 0) is 0 Å².